The fraction of sp³-hybridized carbons (Fsp3) is 0.222. The molecule has 0 aliphatic carbocycles. The average molecular weight is 325 g/mol. The largest absolute Gasteiger partial charge is 0.494 e. The second kappa shape index (κ2) is 7.04. The number of anilines is 1. The van der Waals surface area contributed by atoms with E-state index >= 15 is 0 Å². The Kier molecular flexibility index (Phi) is 4.65. The molecule has 24 heavy (non-hydrogen) atoms. The van der Waals surface area contributed by atoms with Crippen LogP contribution in [0.5, 0.6) is 11.5 Å². The molecule has 0 atom stereocenters. The zero-order chi connectivity index (χ0) is 16.9. The Morgan fingerprint density at radius 2 is 2.00 bits per heavy atom. The summed E-state index contributed by atoms with van der Waals surface area (Å²) in [7, 11) is 0. The first-order chi connectivity index (χ1) is 11.7. The topological polar surface area (TPSA) is 76.2 Å². The molecule has 2 N–H and O–H groups in total. The van der Waals surface area contributed by atoms with Gasteiger partial charge in [0.1, 0.15) is 11.5 Å². The third kappa shape index (κ3) is 3.17. The Hall–Kier alpha value is -3.02. The van der Waals surface area contributed by atoms with Gasteiger partial charge in [0.15, 0.2) is 0 Å². The minimum Gasteiger partial charge on any atom is -0.494 e. The van der Waals surface area contributed by atoms with Crippen molar-refractivity contribution in [2.75, 3.05) is 18.5 Å². The van der Waals surface area contributed by atoms with Gasteiger partial charge in [0.05, 0.1) is 36.2 Å². The summed E-state index contributed by atoms with van der Waals surface area (Å²) in [6.45, 7) is 4.86. The SMILES string of the molecule is CCOc1ccc(OCC)c(NC(=O)c2cccc3cn[nH]c23)c1. The molecule has 0 unspecified atom stereocenters. The summed E-state index contributed by atoms with van der Waals surface area (Å²) >= 11 is 0. The van der Waals surface area contributed by atoms with Crippen LogP contribution in [0.3, 0.4) is 0 Å². The summed E-state index contributed by atoms with van der Waals surface area (Å²) in [4.78, 5) is 12.7. The van der Waals surface area contributed by atoms with Crippen LogP contribution in [0.15, 0.2) is 42.6 Å². The van der Waals surface area contributed by atoms with Crippen molar-refractivity contribution in [2.24, 2.45) is 0 Å². The smallest absolute Gasteiger partial charge is 0.257 e. The third-order valence-corrected chi connectivity index (χ3v) is 3.53. The molecule has 0 aliphatic rings. The van der Waals surface area contributed by atoms with Gasteiger partial charge in [0.25, 0.3) is 5.91 Å². The lowest BCUT2D eigenvalue weighted by Crippen LogP contribution is -2.13. The molecule has 0 aliphatic heterocycles. The number of carbonyl (C=O) groups is 1. The summed E-state index contributed by atoms with van der Waals surface area (Å²) in [5, 5.41) is 10.6. The fourth-order valence-corrected chi connectivity index (χ4v) is 2.49. The zero-order valence-corrected chi connectivity index (χ0v) is 13.6. The van der Waals surface area contributed by atoms with Gasteiger partial charge in [0, 0.05) is 11.5 Å². The quantitative estimate of drug-likeness (QED) is 0.726. The highest BCUT2D eigenvalue weighted by molar-refractivity contribution is 6.12. The highest BCUT2D eigenvalue weighted by Gasteiger charge is 2.14. The molecule has 3 rings (SSSR count). The van der Waals surface area contributed by atoms with Crippen molar-refractivity contribution in [2.45, 2.75) is 13.8 Å². The lowest BCUT2D eigenvalue weighted by molar-refractivity contribution is 0.102. The summed E-state index contributed by atoms with van der Waals surface area (Å²) < 4.78 is 11.1. The van der Waals surface area contributed by atoms with Crippen LogP contribution in [0.2, 0.25) is 0 Å². The molecule has 0 radical (unpaired) electrons. The predicted molar refractivity (Wildman–Crippen MR) is 92.8 cm³/mol. The molecule has 0 spiro atoms. The van der Waals surface area contributed by atoms with E-state index in [0.717, 1.165) is 5.39 Å². The van der Waals surface area contributed by atoms with Gasteiger partial charge < -0.3 is 14.8 Å². The molecule has 1 heterocycles. The Balaban J connectivity index is 1.92. The number of amides is 1. The van der Waals surface area contributed by atoms with Crippen LogP contribution in [-0.4, -0.2) is 29.3 Å². The third-order valence-electron chi connectivity index (χ3n) is 3.53. The van der Waals surface area contributed by atoms with E-state index in [0.29, 0.717) is 41.5 Å². The number of aromatic amines is 1. The molecule has 0 fully saturated rings. The Bertz CT molecular complexity index is 858. The summed E-state index contributed by atoms with van der Waals surface area (Å²) in [5.41, 5.74) is 1.80. The van der Waals surface area contributed by atoms with Crippen molar-refractivity contribution in [1.29, 1.82) is 0 Å². The van der Waals surface area contributed by atoms with E-state index in [1.807, 2.05) is 32.0 Å². The number of benzene rings is 2. The van der Waals surface area contributed by atoms with Gasteiger partial charge in [-0.15, -0.1) is 0 Å². The molecule has 3 aromatic rings. The Morgan fingerprint density at radius 3 is 2.79 bits per heavy atom. The van der Waals surface area contributed by atoms with E-state index in [2.05, 4.69) is 15.5 Å². The molecule has 0 saturated heterocycles. The number of para-hydroxylation sites is 1. The van der Waals surface area contributed by atoms with Crippen LogP contribution in [0.1, 0.15) is 24.2 Å². The number of fused-ring (bicyclic) bond motifs is 1. The maximum atomic E-state index is 12.7. The molecule has 0 bridgehead atoms. The lowest BCUT2D eigenvalue weighted by atomic mass is 10.1. The number of hydrogen-bond acceptors (Lipinski definition) is 4. The van der Waals surface area contributed by atoms with Crippen molar-refractivity contribution in [3.63, 3.8) is 0 Å². The molecule has 6 heteroatoms. The second-order valence-corrected chi connectivity index (χ2v) is 5.12. The van der Waals surface area contributed by atoms with E-state index < -0.39 is 0 Å². The summed E-state index contributed by atoms with van der Waals surface area (Å²) in [6, 6.07) is 10.9. The molecule has 0 saturated carbocycles. The minimum absolute atomic E-state index is 0.237. The molecular formula is C18H19N3O3. The van der Waals surface area contributed by atoms with Gasteiger partial charge in [-0.25, -0.2) is 0 Å². The van der Waals surface area contributed by atoms with E-state index in [1.165, 1.54) is 0 Å². The highest BCUT2D eigenvalue weighted by atomic mass is 16.5. The zero-order valence-electron chi connectivity index (χ0n) is 13.6. The predicted octanol–water partition coefficient (Wildman–Crippen LogP) is 3.61. The molecular weight excluding hydrogens is 306 g/mol. The second-order valence-electron chi connectivity index (χ2n) is 5.12. The Morgan fingerprint density at radius 1 is 1.17 bits per heavy atom. The first-order valence-corrected chi connectivity index (χ1v) is 7.86. The van der Waals surface area contributed by atoms with Crippen molar-refractivity contribution in [1.82, 2.24) is 10.2 Å². The van der Waals surface area contributed by atoms with E-state index in [1.54, 1.807) is 24.4 Å². The number of nitrogens with zero attached hydrogens (tertiary/aromatic N) is 1. The number of nitrogens with one attached hydrogen (secondary N) is 2. The van der Waals surface area contributed by atoms with E-state index in [4.69, 9.17) is 9.47 Å². The van der Waals surface area contributed by atoms with Crippen LogP contribution in [-0.2, 0) is 0 Å². The van der Waals surface area contributed by atoms with Crippen molar-refractivity contribution in [3.8, 4) is 11.5 Å². The van der Waals surface area contributed by atoms with Crippen molar-refractivity contribution in [3.05, 3.63) is 48.2 Å². The molecule has 2 aromatic carbocycles. The first kappa shape index (κ1) is 15.9. The number of ether oxygens (including phenoxy) is 2. The molecule has 6 nitrogen and oxygen atoms in total. The van der Waals surface area contributed by atoms with Crippen molar-refractivity contribution >= 4 is 22.5 Å². The fourth-order valence-electron chi connectivity index (χ4n) is 2.49. The Labute approximate surface area is 139 Å². The number of aromatic nitrogens is 2. The van der Waals surface area contributed by atoms with Gasteiger partial charge in [-0.3, -0.25) is 9.89 Å². The number of carbonyl (C=O) groups excluding carboxylic acids is 1. The summed E-state index contributed by atoms with van der Waals surface area (Å²) in [6.07, 6.45) is 1.69. The van der Waals surface area contributed by atoms with Gasteiger partial charge in [-0.05, 0) is 32.0 Å². The van der Waals surface area contributed by atoms with Crippen LogP contribution < -0.4 is 14.8 Å². The first-order valence-electron chi connectivity index (χ1n) is 7.86. The molecule has 124 valence electrons. The van der Waals surface area contributed by atoms with Crippen LogP contribution in [0.4, 0.5) is 5.69 Å². The monoisotopic (exact) mass is 325 g/mol. The lowest BCUT2D eigenvalue weighted by Gasteiger charge is -2.13. The van der Waals surface area contributed by atoms with Gasteiger partial charge in [-0.1, -0.05) is 12.1 Å². The normalized spacial score (nSPS) is 10.6. The maximum Gasteiger partial charge on any atom is 0.257 e. The van der Waals surface area contributed by atoms with Crippen LogP contribution in [0, 0.1) is 0 Å². The average Bonchev–Trinajstić information content (AvgIpc) is 3.06. The maximum absolute atomic E-state index is 12.7. The number of rotatable bonds is 6. The van der Waals surface area contributed by atoms with Crippen LogP contribution in [0.25, 0.3) is 10.9 Å². The summed E-state index contributed by atoms with van der Waals surface area (Å²) in [5.74, 6) is 1.04. The molecule has 1 aromatic heterocycles. The van der Waals surface area contributed by atoms with E-state index in [9.17, 15) is 4.79 Å². The minimum atomic E-state index is -0.237. The number of H-pyrrole nitrogens is 1. The molecule has 1 amide bonds. The highest BCUT2D eigenvalue weighted by Crippen LogP contribution is 2.30. The van der Waals surface area contributed by atoms with Gasteiger partial charge >= 0.3 is 0 Å². The van der Waals surface area contributed by atoms with Crippen LogP contribution >= 0.6 is 0 Å². The van der Waals surface area contributed by atoms with Crippen molar-refractivity contribution < 1.29 is 14.3 Å². The van der Waals surface area contributed by atoms with Gasteiger partial charge in [-0.2, -0.15) is 5.10 Å². The standard InChI is InChI=1S/C18H19N3O3/c1-3-23-13-8-9-16(24-4-2)15(10-13)20-18(22)14-7-5-6-12-11-19-21-17(12)14/h5-11H,3-4H2,1-2H3,(H,19,21)(H,20,22). The van der Waals surface area contributed by atoms with E-state index in [-0.39, 0.29) is 5.91 Å². The van der Waals surface area contributed by atoms with Gasteiger partial charge in [0.2, 0.25) is 0 Å². The number of hydrogen-bond donors (Lipinski definition) is 2.